The van der Waals surface area contributed by atoms with Gasteiger partial charge in [0.1, 0.15) is 0 Å². The summed E-state index contributed by atoms with van der Waals surface area (Å²) in [5, 5.41) is 8.88. The predicted molar refractivity (Wildman–Crippen MR) is 44.6 cm³/mol. The highest BCUT2D eigenvalue weighted by molar-refractivity contribution is 5.85. The van der Waals surface area contributed by atoms with Gasteiger partial charge in [-0.25, -0.2) is 0 Å². The molecule has 62 valence electrons. The maximum atomic E-state index is 8.88. The minimum Gasteiger partial charge on any atom is -0.396 e. The highest BCUT2D eigenvalue weighted by Gasteiger charge is 2.41. The molecule has 0 atom stereocenters. The van der Waals surface area contributed by atoms with Gasteiger partial charge in [-0.2, -0.15) is 0 Å². The molecular formula is C7H16ClNO. The average Bonchev–Trinajstić information content (AvgIpc) is 2.48. The molecule has 3 heteroatoms. The number of nitrogens with zero attached hydrogens (tertiary/aromatic N) is 1. The molecule has 0 unspecified atom stereocenters. The van der Waals surface area contributed by atoms with Crippen LogP contribution in [0, 0.1) is 5.41 Å². The molecule has 1 aliphatic carbocycles. The van der Waals surface area contributed by atoms with E-state index in [2.05, 4.69) is 19.0 Å². The number of aliphatic hydroxyl groups is 1. The van der Waals surface area contributed by atoms with E-state index in [1.807, 2.05) is 0 Å². The lowest BCUT2D eigenvalue weighted by Gasteiger charge is -2.16. The van der Waals surface area contributed by atoms with Crippen molar-refractivity contribution < 1.29 is 5.11 Å². The van der Waals surface area contributed by atoms with Crippen LogP contribution in [0.2, 0.25) is 0 Å². The molecule has 0 aromatic heterocycles. The molecule has 0 aromatic rings. The van der Waals surface area contributed by atoms with E-state index in [1.165, 1.54) is 12.8 Å². The molecule has 1 N–H and O–H groups in total. The fourth-order valence-corrected chi connectivity index (χ4v) is 1.21. The molecule has 1 aliphatic rings. The molecule has 10 heavy (non-hydrogen) atoms. The van der Waals surface area contributed by atoms with Crippen molar-refractivity contribution in [3.8, 4) is 0 Å². The summed E-state index contributed by atoms with van der Waals surface area (Å²) in [6, 6.07) is 0. The smallest absolute Gasteiger partial charge is 0.0499 e. The van der Waals surface area contributed by atoms with Crippen molar-refractivity contribution in [2.45, 2.75) is 12.8 Å². The van der Waals surface area contributed by atoms with E-state index in [-0.39, 0.29) is 12.4 Å². The Morgan fingerprint density at radius 3 is 2.00 bits per heavy atom. The largest absolute Gasteiger partial charge is 0.396 e. The predicted octanol–water partition coefficient (Wildman–Crippen LogP) is 0.742. The van der Waals surface area contributed by atoms with Gasteiger partial charge in [-0.15, -0.1) is 12.4 Å². The van der Waals surface area contributed by atoms with Crippen LogP contribution in [0.1, 0.15) is 12.8 Å². The lowest BCUT2D eigenvalue weighted by molar-refractivity contribution is 0.176. The fraction of sp³-hybridized carbons (Fsp3) is 1.00. The number of hydrogen-bond acceptors (Lipinski definition) is 2. The van der Waals surface area contributed by atoms with Crippen molar-refractivity contribution in [2.75, 3.05) is 27.2 Å². The molecule has 0 aliphatic heterocycles. The zero-order valence-electron chi connectivity index (χ0n) is 6.63. The van der Waals surface area contributed by atoms with E-state index in [4.69, 9.17) is 5.11 Å². The monoisotopic (exact) mass is 165 g/mol. The van der Waals surface area contributed by atoms with Crippen molar-refractivity contribution >= 4 is 12.4 Å². The molecule has 1 rings (SSSR count). The quantitative estimate of drug-likeness (QED) is 0.667. The van der Waals surface area contributed by atoms with Crippen molar-refractivity contribution in [3.05, 3.63) is 0 Å². The van der Waals surface area contributed by atoms with E-state index in [1.54, 1.807) is 0 Å². The first-order valence-corrected chi connectivity index (χ1v) is 3.44. The van der Waals surface area contributed by atoms with Gasteiger partial charge in [0.2, 0.25) is 0 Å². The molecule has 0 heterocycles. The first-order chi connectivity index (χ1) is 4.18. The Bertz CT molecular complexity index is 102. The molecule has 0 spiro atoms. The summed E-state index contributed by atoms with van der Waals surface area (Å²) in [5.74, 6) is 0. The zero-order chi connectivity index (χ0) is 6.91. The molecule has 0 aromatic carbocycles. The third kappa shape index (κ3) is 2.45. The minimum atomic E-state index is 0. The maximum Gasteiger partial charge on any atom is 0.0499 e. The van der Waals surface area contributed by atoms with Crippen molar-refractivity contribution in [2.24, 2.45) is 5.41 Å². The highest BCUT2D eigenvalue weighted by atomic mass is 35.5. The Labute approximate surface area is 68.6 Å². The van der Waals surface area contributed by atoms with Crippen LogP contribution in [0.25, 0.3) is 0 Å². The van der Waals surface area contributed by atoms with Crippen LogP contribution in [-0.4, -0.2) is 37.3 Å². The summed E-state index contributed by atoms with van der Waals surface area (Å²) in [6.07, 6.45) is 2.42. The third-order valence-corrected chi connectivity index (χ3v) is 1.94. The summed E-state index contributed by atoms with van der Waals surface area (Å²) in [6.45, 7) is 1.41. The second-order valence-corrected chi connectivity index (χ2v) is 3.40. The summed E-state index contributed by atoms with van der Waals surface area (Å²) >= 11 is 0. The van der Waals surface area contributed by atoms with Crippen LogP contribution in [0.5, 0.6) is 0 Å². The molecular weight excluding hydrogens is 150 g/mol. The fourth-order valence-electron chi connectivity index (χ4n) is 1.21. The Kier molecular flexibility index (Phi) is 3.63. The molecule has 0 amide bonds. The van der Waals surface area contributed by atoms with E-state index in [0.717, 1.165) is 6.54 Å². The highest BCUT2D eigenvalue weighted by Crippen LogP contribution is 2.45. The van der Waals surface area contributed by atoms with Gasteiger partial charge >= 0.3 is 0 Å². The lowest BCUT2D eigenvalue weighted by Crippen LogP contribution is -2.25. The van der Waals surface area contributed by atoms with Crippen molar-refractivity contribution in [1.82, 2.24) is 4.90 Å². The summed E-state index contributed by atoms with van der Waals surface area (Å²) < 4.78 is 0. The Morgan fingerprint density at radius 1 is 1.40 bits per heavy atom. The van der Waals surface area contributed by atoms with E-state index in [9.17, 15) is 0 Å². The molecule has 0 bridgehead atoms. The van der Waals surface area contributed by atoms with Gasteiger partial charge in [0, 0.05) is 18.6 Å². The molecule has 0 saturated heterocycles. The topological polar surface area (TPSA) is 23.5 Å². The number of aliphatic hydroxyl groups excluding tert-OH is 1. The average molecular weight is 166 g/mol. The van der Waals surface area contributed by atoms with Crippen LogP contribution in [0.3, 0.4) is 0 Å². The molecule has 0 radical (unpaired) electrons. The first kappa shape index (κ1) is 10.2. The number of rotatable bonds is 3. The standard InChI is InChI=1S/C7H15NO.ClH/c1-8(2)5-7(6-9)3-4-7;/h9H,3-6H2,1-2H3;1H. The summed E-state index contributed by atoms with van der Waals surface area (Å²) in [5.41, 5.74) is 0.295. The number of halogens is 1. The SMILES string of the molecule is CN(C)CC1(CO)CC1.Cl. The zero-order valence-corrected chi connectivity index (χ0v) is 7.45. The summed E-state index contributed by atoms with van der Waals surface area (Å²) in [7, 11) is 4.10. The maximum absolute atomic E-state index is 8.88. The third-order valence-electron chi connectivity index (χ3n) is 1.94. The first-order valence-electron chi connectivity index (χ1n) is 3.44. The van der Waals surface area contributed by atoms with Gasteiger partial charge in [0.25, 0.3) is 0 Å². The lowest BCUT2D eigenvalue weighted by atomic mass is 10.1. The Balaban J connectivity index is 0.000000810. The van der Waals surface area contributed by atoms with Crippen LogP contribution >= 0.6 is 12.4 Å². The van der Waals surface area contributed by atoms with Crippen LogP contribution in [0.4, 0.5) is 0 Å². The Morgan fingerprint density at radius 2 is 1.90 bits per heavy atom. The van der Waals surface area contributed by atoms with Crippen molar-refractivity contribution in [3.63, 3.8) is 0 Å². The Hall–Kier alpha value is 0.210. The van der Waals surface area contributed by atoms with Crippen molar-refractivity contribution in [1.29, 1.82) is 0 Å². The van der Waals surface area contributed by atoms with E-state index in [0.29, 0.717) is 12.0 Å². The van der Waals surface area contributed by atoms with Gasteiger partial charge < -0.3 is 10.0 Å². The normalized spacial score (nSPS) is 20.4. The second-order valence-electron chi connectivity index (χ2n) is 3.40. The number of hydrogen-bond donors (Lipinski definition) is 1. The van der Waals surface area contributed by atoms with Gasteiger partial charge in [-0.1, -0.05) is 0 Å². The molecule has 1 saturated carbocycles. The second kappa shape index (κ2) is 3.56. The van der Waals surface area contributed by atoms with Gasteiger partial charge in [-0.05, 0) is 26.9 Å². The van der Waals surface area contributed by atoms with Gasteiger partial charge in [-0.3, -0.25) is 0 Å². The van der Waals surface area contributed by atoms with Crippen LogP contribution < -0.4 is 0 Å². The molecule has 2 nitrogen and oxygen atoms in total. The van der Waals surface area contributed by atoms with E-state index < -0.39 is 0 Å². The van der Waals surface area contributed by atoms with Crippen LogP contribution in [0.15, 0.2) is 0 Å². The summed E-state index contributed by atoms with van der Waals surface area (Å²) in [4.78, 5) is 2.14. The van der Waals surface area contributed by atoms with E-state index >= 15 is 0 Å². The van der Waals surface area contributed by atoms with Gasteiger partial charge in [0.15, 0.2) is 0 Å². The molecule has 1 fully saturated rings. The minimum absolute atomic E-state index is 0. The van der Waals surface area contributed by atoms with Gasteiger partial charge in [0.05, 0.1) is 0 Å². The van der Waals surface area contributed by atoms with Crippen LogP contribution in [-0.2, 0) is 0 Å².